The molecule has 1 aliphatic carbocycles. The molecular formula is C15H20N4O3. The molecule has 7 heteroatoms. The van der Waals surface area contributed by atoms with Crippen LogP contribution in [0.1, 0.15) is 57.4 Å². The van der Waals surface area contributed by atoms with Gasteiger partial charge in [0, 0.05) is 6.07 Å². The molecule has 0 saturated heterocycles. The second-order valence-electron chi connectivity index (χ2n) is 5.55. The van der Waals surface area contributed by atoms with Gasteiger partial charge in [-0.05, 0) is 19.3 Å². The summed E-state index contributed by atoms with van der Waals surface area (Å²) in [6.45, 7) is 2.03. The van der Waals surface area contributed by atoms with Crippen molar-refractivity contribution in [3.8, 4) is 11.5 Å². The van der Waals surface area contributed by atoms with Gasteiger partial charge in [-0.3, -0.25) is 4.79 Å². The molecule has 0 amide bonds. The summed E-state index contributed by atoms with van der Waals surface area (Å²) in [4.78, 5) is 22.2. The summed E-state index contributed by atoms with van der Waals surface area (Å²) in [6, 6.07) is 1.34. The Bertz CT molecular complexity index is 661. The molecule has 7 nitrogen and oxygen atoms in total. The summed E-state index contributed by atoms with van der Waals surface area (Å²) < 4.78 is 11.4. The molecule has 3 rings (SSSR count). The molecule has 2 aromatic heterocycles. The first kappa shape index (κ1) is 14.9. The standard InChI is InChI=1S/C15H20N4O3/c1-2-12(21-10-6-4-3-5-7-10)15-18-14(19-22-15)11-8-13(20)17-9-16-11/h8-10,12H,2-7H2,1H3,(H,16,17,20). The SMILES string of the molecule is CCC(OC1CCCCC1)c1nc(-c2cc(=O)[nH]cn2)no1. The lowest BCUT2D eigenvalue weighted by Crippen LogP contribution is -2.19. The molecule has 118 valence electrons. The van der Waals surface area contributed by atoms with Crippen molar-refractivity contribution in [3.05, 3.63) is 28.6 Å². The summed E-state index contributed by atoms with van der Waals surface area (Å²) in [5.41, 5.74) is 0.146. The lowest BCUT2D eigenvalue weighted by atomic mass is 9.97. The minimum atomic E-state index is -0.248. The van der Waals surface area contributed by atoms with Crippen LogP contribution >= 0.6 is 0 Å². The maximum atomic E-state index is 11.3. The van der Waals surface area contributed by atoms with Crippen molar-refractivity contribution in [2.75, 3.05) is 0 Å². The van der Waals surface area contributed by atoms with E-state index in [0.717, 1.165) is 19.3 Å². The highest BCUT2D eigenvalue weighted by atomic mass is 16.5. The van der Waals surface area contributed by atoms with E-state index in [2.05, 4.69) is 20.1 Å². The Kier molecular flexibility index (Phi) is 4.62. The van der Waals surface area contributed by atoms with Crippen LogP contribution in [0.25, 0.3) is 11.5 Å². The minimum absolute atomic E-state index is 0.202. The zero-order valence-corrected chi connectivity index (χ0v) is 12.6. The van der Waals surface area contributed by atoms with E-state index >= 15 is 0 Å². The number of nitrogens with one attached hydrogen (secondary N) is 1. The van der Waals surface area contributed by atoms with E-state index in [1.807, 2.05) is 6.92 Å². The molecule has 1 N–H and O–H groups in total. The monoisotopic (exact) mass is 304 g/mol. The fourth-order valence-electron chi connectivity index (χ4n) is 2.72. The van der Waals surface area contributed by atoms with E-state index < -0.39 is 0 Å². The van der Waals surface area contributed by atoms with Crippen LogP contribution in [0.5, 0.6) is 0 Å². The average Bonchev–Trinajstić information content (AvgIpc) is 3.03. The van der Waals surface area contributed by atoms with Gasteiger partial charge in [-0.15, -0.1) is 0 Å². The smallest absolute Gasteiger partial charge is 0.256 e. The summed E-state index contributed by atoms with van der Waals surface area (Å²) >= 11 is 0. The number of H-pyrrole nitrogens is 1. The predicted octanol–water partition coefficient (Wildman–Crippen LogP) is 2.62. The predicted molar refractivity (Wildman–Crippen MR) is 79.1 cm³/mol. The van der Waals surface area contributed by atoms with Crippen molar-refractivity contribution in [3.63, 3.8) is 0 Å². The molecule has 0 radical (unpaired) electrons. The molecule has 22 heavy (non-hydrogen) atoms. The van der Waals surface area contributed by atoms with Gasteiger partial charge in [-0.1, -0.05) is 31.3 Å². The van der Waals surface area contributed by atoms with Crippen molar-refractivity contribution < 1.29 is 9.26 Å². The van der Waals surface area contributed by atoms with Gasteiger partial charge in [0.05, 0.1) is 12.4 Å². The van der Waals surface area contributed by atoms with Gasteiger partial charge in [0.1, 0.15) is 11.8 Å². The normalized spacial score (nSPS) is 17.5. The Morgan fingerprint density at radius 2 is 2.23 bits per heavy atom. The Morgan fingerprint density at radius 1 is 1.41 bits per heavy atom. The molecule has 2 heterocycles. The van der Waals surface area contributed by atoms with Crippen molar-refractivity contribution >= 4 is 0 Å². The van der Waals surface area contributed by atoms with E-state index in [1.54, 1.807) is 0 Å². The van der Waals surface area contributed by atoms with Gasteiger partial charge in [-0.25, -0.2) is 4.98 Å². The first-order valence-corrected chi connectivity index (χ1v) is 7.80. The number of aromatic amines is 1. The third-order valence-corrected chi connectivity index (χ3v) is 3.90. The highest BCUT2D eigenvalue weighted by molar-refractivity contribution is 5.46. The van der Waals surface area contributed by atoms with E-state index in [0.29, 0.717) is 17.4 Å². The van der Waals surface area contributed by atoms with Crippen LogP contribution < -0.4 is 5.56 Å². The largest absolute Gasteiger partial charge is 0.365 e. The van der Waals surface area contributed by atoms with Crippen LogP contribution in [0.2, 0.25) is 0 Å². The second-order valence-corrected chi connectivity index (χ2v) is 5.55. The zero-order chi connectivity index (χ0) is 15.4. The third-order valence-electron chi connectivity index (χ3n) is 3.90. The average molecular weight is 304 g/mol. The highest BCUT2D eigenvalue weighted by Gasteiger charge is 2.24. The number of nitrogens with zero attached hydrogens (tertiary/aromatic N) is 3. The summed E-state index contributed by atoms with van der Waals surface area (Å²) in [5.74, 6) is 0.761. The molecule has 0 bridgehead atoms. The molecule has 1 atom stereocenters. The molecular weight excluding hydrogens is 284 g/mol. The van der Waals surface area contributed by atoms with Gasteiger partial charge >= 0.3 is 0 Å². The topological polar surface area (TPSA) is 93.9 Å². The van der Waals surface area contributed by atoms with Crippen molar-refractivity contribution in [2.24, 2.45) is 0 Å². The molecule has 0 spiro atoms. The van der Waals surface area contributed by atoms with Gasteiger partial charge in [0.25, 0.3) is 11.4 Å². The molecule has 1 unspecified atom stereocenters. The second kappa shape index (κ2) is 6.83. The highest BCUT2D eigenvalue weighted by Crippen LogP contribution is 2.28. The van der Waals surface area contributed by atoms with Crippen molar-refractivity contribution in [1.29, 1.82) is 0 Å². The molecule has 0 aromatic carbocycles. The van der Waals surface area contributed by atoms with Crippen LogP contribution in [0, 0.1) is 0 Å². The number of ether oxygens (including phenoxy) is 1. The summed E-state index contributed by atoms with van der Waals surface area (Å²) in [6.07, 6.45) is 8.05. The van der Waals surface area contributed by atoms with E-state index in [4.69, 9.17) is 9.26 Å². The Labute approximate surface area is 128 Å². The van der Waals surface area contributed by atoms with Crippen LogP contribution in [0.4, 0.5) is 0 Å². The summed E-state index contributed by atoms with van der Waals surface area (Å²) in [5, 5.41) is 3.91. The van der Waals surface area contributed by atoms with E-state index in [-0.39, 0.29) is 17.8 Å². The first-order chi connectivity index (χ1) is 10.8. The maximum Gasteiger partial charge on any atom is 0.256 e. The lowest BCUT2D eigenvalue weighted by molar-refractivity contribution is -0.0468. The Morgan fingerprint density at radius 3 is 2.95 bits per heavy atom. The van der Waals surface area contributed by atoms with E-state index in [9.17, 15) is 4.79 Å². The van der Waals surface area contributed by atoms with Gasteiger partial charge < -0.3 is 14.2 Å². The lowest BCUT2D eigenvalue weighted by Gasteiger charge is -2.25. The van der Waals surface area contributed by atoms with E-state index in [1.165, 1.54) is 31.7 Å². The molecule has 2 aromatic rings. The van der Waals surface area contributed by atoms with Gasteiger partial charge in [0.15, 0.2) is 0 Å². The Balaban J connectivity index is 1.74. The summed E-state index contributed by atoms with van der Waals surface area (Å²) in [7, 11) is 0. The van der Waals surface area contributed by atoms with Gasteiger partial charge in [0.2, 0.25) is 5.82 Å². The van der Waals surface area contributed by atoms with Crippen molar-refractivity contribution in [1.82, 2.24) is 20.1 Å². The van der Waals surface area contributed by atoms with Crippen molar-refractivity contribution in [2.45, 2.75) is 57.7 Å². The quantitative estimate of drug-likeness (QED) is 0.912. The maximum absolute atomic E-state index is 11.3. The molecule has 0 aliphatic heterocycles. The fourth-order valence-corrected chi connectivity index (χ4v) is 2.72. The zero-order valence-electron chi connectivity index (χ0n) is 12.6. The van der Waals surface area contributed by atoms with Crippen LogP contribution in [-0.2, 0) is 4.74 Å². The fraction of sp³-hybridized carbons (Fsp3) is 0.600. The minimum Gasteiger partial charge on any atom is -0.365 e. The van der Waals surface area contributed by atoms with Crippen LogP contribution in [0.15, 0.2) is 21.7 Å². The van der Waals surface area contributed by atoms with Crippen LogP contribution in [-0.4, -0.2) is 26.2 Å². The molecule has 1 saturated carbocycles. The number of hydrogen-bond acceptors (Lipinski definition) is 6. The van der Waals surface area contributed by atoms with Gasteiger partial charge in [-0.2, -0.15) is 4.98 Å². The number of hydrogen-bond donors (Lipinski definition) is 1. The molecule has 1 fully saturated rings. The Hall–Kier alpha value is -2.02. The molecule has 1 aliphatic rings. The van der Waals surface area contributed by atoms with Crippen LogP contribution in [0.3, 0.4) is 0 Å². The first-order valence-electron chi connectivity index (χ1n) is 7.80. The number of rotatable bonds is 5. The third kappa shape index (κ3) is 3.41. The number of aromatic nitrogens is 4.